The quantitative estimate of drug-likeness (QED) is 0.657. The molecule has 0 aromatic carbocycles. The number of aliphatic hydroxyl groups excluding tert-OH is 1. The van der Waals surface area contributed by atoms with Gasteiger partial charge in [0.1, 0.15) is 0 Å². The van der Waals surface area contributed by atoms with Gasteiger partial charge in [0.2, 0.25) is 11.8 Å². The van der Waals surface area contributed by atoms with Crippen LogP contribution in [0.5, 0.6) is 0 Å². The van der Waals surface area contributed by atoms with E-state index < -0.39 is 0 Å². The highest BCUT2D eigenvalue weighted by Crippen LogP contribution is 2.37. The van der Waals surface area contributed by atoms with Crippen LogP contribution in [0.15, 0.2) is 0 Å². The summed E-state index contributed by atoms with van der Waals surface area (Å²) in [5, 5.41) is 15.0. The maximum atomic E-state index is 11.8. The Kier molecular flexibility index (Phi) is 6.46. The number of amides is 2. The summed E-state index contributed by atoms with van der Waals surface area (Å²) in [6.07, 6.45) is 4.13. The van der Waals surface area contributed by atoms with Gasteiger partial charge >= 0.3 is 0 Å². The van der Waals surface area contributed by atoms with Crippen molar-refractivity contribution in [1.29, 1.82) is 0 Å². The third-order valence-corrected chi connectivity index (χ3v) is 4.17. The second-order valence-corrected chi connectivity index (χ2v) is 6.53. The number of nitrogens with one attached hydrogen (secondary N) is 2. The van der Waals surface area contributed by atoms with Crippen molar-refractivity contribution in [2.45, 2.75) is 58.9 Å². The van der Waals surface area contributed by atoms with Crippen molar-refractivity contribution in [3.05, 3.63) is 0 Å². The zero-order valence-electron chi connectivity index (χ0n) is 12.9. The molecule has 0 heterocycles. The molecule has 1 fully saturated rings. The number of carbonyl (C=O) groups is 2. The first-order valence-electron chi connectivity index (χ1n) is 7.54. The summed E-state index contributed by atoms with van der Waals surface area (Å²) in [4.78, 5) is 23.4. The van der Waals surface area contributed by atoms with E-state index in [1.54, 1.807) is 0 Å². The molecule has 2 amide bonds. The second-order valence-electron chi connectivity index (χ2n) is 6.53. The van der Waals surface area contributed by atoms with Crippen molar-refractivity contribution in [3.8, 4) is 0 Å². The second kappa shape index (κ2) is 7.62. The van der Waals surface area contributed by atoms with E-state index >= 15 is 0 Å². The van der Waals surface area contributed by atoms with Gasteiger partial charge in [-0.1, -0.05) is 27.2 Å². The number of rotatable bonds is 7. The molecule has 0 radical (unpaired) electrons. The largest absolute Gasteiger partial charge is 0.396 e. The lowest BCUT2D eigenvalue weighted by Gasteiger charge is -2.30. The Labute approximate surface area is 121 Å². The third-order valence-electron chi connectivity index (χ3n) is 4.17. The summed E-state index contributed by atoms with van der Waals surface area (Å²) in [6.45, 7) is 6.23. The molecule has 1 aliphatic carbocycles. The number of hydrogen-bond acceptors (Lipinski definition) is 3. The molecule has 0 saturated heterocycles. The highest BCUT2D eigenvalue weighted by Gasteiger charge is 2.38. The van der Waals surface area contributed by atoms with Crippen LogP contribution in [0.3, 0.4) is 0 Å². The Hall–Kier alpha value is -1.10. The first-order valence-corrected chi connectivity index (χ1v) is 7.54. The summed E-state index contributed by atoms with van der Waals surface area (Å²) < 4.78 is 0. The van der Waals surface area contributed by atoms with Crippen molar-refractivity contribution in [2.24, 2.45) is 11.3 Å². The van der Waals surface area contributed by atoms with Crippen molar-refractivity contribution in [3.63, 3.8) is 0 Å². The lowest BCUT2D eigenvalue weighted by molar-refractivity contribution is -0.127. The fourth-order valence-electron chi connectivity index (χ4n) is 2.60. The highest BCUT2D eigenvalue weighted by molar-refractivity contribution is 5.84. The smallest absolute Gasteiger partial charge is 0.239 e. The first-order chi connectivity index (χ1) is 9.37. The molecule has 1 rings (SSSR count). The molecule has 0 aromatic heterocycles. The van der Waals surface area contributed by atoms with E-state index in [1.807, 2.05) is 6.92 Å². The van der Waals surface area contributed by atoms with Crippen LogP contribution >= 0.6 is 0 Å². The molecule has 1 saturated carbocycles. The van der Waals surface area contributed by atoms with Crippen molar-refractivity contribution in [2.75, 3.05) is 13.2 Å². The van der Waals surface area contributed by atoms with Gasteiger partial charge in [-0.15, -0.1) is 0 Å². The van der Waals surface area contributed by atoms with Crippen molar-refractivity contribution in [1.82, 2.24) is 10.6 Å². The third kappa shape index (κ3) is 5.12. The van der Waals surface area contributed by atoms with Crippen LogP contribution in [-0.2, 0) is 9.59 Å². The molecule has 0 bridgehead atoms. The van der Waals surface area contributed by atoms with E-state index in [0.29, 0.717) is 12.3 Å². The van der Waals surface area contributed by atoms with E-state index in [-0.39, 0.29) is 36.4 Å². The Morgan fingerprint density at radius 3 is 2.65 bits per heavy atom. The lowest BCUT2D eigenvalue weighted by atomic mass is 9.86. The molecule has 1 aliphatic rings. The molecule has 2 atom stereocenters. The van der Waals surface area contributed by atoms with E-state index in [0.717, 1.165) is 25.7 Å². The molecule has 3 N–H and O–H groups in total. The van der Waals surface area contributed by atoms with Crippen molar-refractivity contribution >= 4 is 11.8 Å². The molecule has 0 spiro atoms. The molecule has 20 heavy (non-hydrogen) atoms. The zero-order valence-corrected chi connectivity index (χ0v) is 12.9. The number of hydrogen-bond donors (Lipinski definition) is 3. The molecule has 116 valence electrons. The fourth-order valence-corrected chi connectivity index (χ4v) is 2.60. The molecule has 5 nitrogen and oxygen atoms in total. The summed E-state index contributed by atoms with van der Waals surface area (Å²) in [6, 6.07) is 0.00701. The van der Waals surface area contributed by atoms with Gasteiger partial charge in [-0.25, -0.2) is 0 Å². The molecule has 0 aromatic rings. The summed E-state index contributed by atoms with van der Waals surface area (Å²) >= 11 is 0. The van der Waals surface area contributed by atoms with E-state index in [1.165, 1.54) is 0 Å². The van der Waals surface area contributed by atoms with Crippen LogP contribution in [0.1, 0.15) is 52.9 Å². The minimum Gasteiger partial charge on any atom is -0.396 e. The van der Waals surface area contributed by atoms with E-state index in [4.69, 9.17) is 0 Å². The van der Waals surface area contributed by atoms with Crippen LogP contribution < -0.4 is 10.6 Å². The van der Waals surface area contributed by atoms with E-state index in [2.05, 4.69) is 24.5 Å². The highest BCUT2D eigenvalue weighted by atomic mass is 16.3. The van der Waals surface area contributed by atoms with Crippen LogP contribution in [0.25, 0.3) is 0 Å². The average molecular weight is 284 g/mol. The Morgan fingerprint density at radius 1 is 1.35 bits per heavy atom. The monoisotopic (exact) mass is 284 g/mol. The Morgan fingerprint density at radius 2 is 2.05 bits per heavy atom. The van der Waals surface area contributed by atoms with E-state index in [9.17, 15) is 14.7 Å². The van der Waals surface area contributed by atoms with Crippen molar-refractivity contribution < 1.29 is 14.7 Å². The minimum absolute atomic E-state index is 0.00701. The van der Waals surface area contributed by atoms with Gasteiger partial charge in [0.05, 0.1) is 13.2 Å². The SMILES string of the molecule is CC(C)CCC(=O)NCC(=O)NC1CCCC1(C)CO. The Bertz CT molecular complexity index is 344. The molecule has 5 heteroatoms. The minimum atomic E-state index is -0.225. The lowest BCUT2D eigenvalue weighted by Crippen LogP contribution is -2.48. The van der Waals surface area contributed by atoms with Gasteiger partial charge in [0.15, 0.2) is 0 Å². The van der Waals surface area contributed by atoms with Gasteiger partial charge in [-0.3, -0.25) is 9.59 Å². The molecular weight excluding hydrogens is 256 g/mol. The summed E-state index contributed by atoms with van der Waals surface area (Å²) in [5.41, 5.74) is -0.225. The van der Waals surface area contributed by atoms with Crippen LogP contribution in [-0.4, -0.2) is 36.1 Å². The predicted molar refractivity (Wildman–Crippen MR) is 78.1 cm³/mol. The summed E-state index contributed by atoms with van der Waals surface area (Å²) in [7, 11) is 0. The first kappa shape index (κ1) is 17.0. The van der Waals surface area contributed by atoms with Gasteiger partial charge < -0.3 is 15.7 Å². The van der Waals surface area contributed by atoms with Gasteiger partial charge in [-0.2, -0.15) is 0 Å². The van der Waals surface area contributed by atoms with Crippen LogP contribution in [0, 0.1) is 11.3 Å². The molecular formula is C15H28N2O3. The standard InChI is InChI=1S/C15H28N2O3/c1-11(2)6-7-13(19)16-9-14(20)17-12-5-4-8-15(12,3)10-18/h11-12,18H,4-10H2,1-3H3,(H,16,19)(H,17,20). The Balaban J connectivity index is 2.28. The predicted octanol–water partition coefficient (Wildman–Crippen LogP) is 1.21. The average Bonchev–Trinajstić information content (AvgIpc) is 2.76. The van der Waals surface area contributed by atoms with Crippen LogP contribution in [0.4, 0.5) is 0 Å². The van der Waals surface area contributed by atoms with Gasteiger partial charge in [-0.05, 0) is 25.2 Å². The normalized spacial score (nSPS) is 25.8. The van der Waals surface area contributed by atoms with Gasteiger partial charge in [0, 0.05) is 17.9 Å². The zero-order chi connectivity index (χ0) is 15.2. The number of carbonyl (C=O) groups excluding carboxylic acids is 2. The summed E-state index contributed by atoms with van der Waals surface area (Å²) in [5.74, 6) is 0.234. The van der Waals surface area contributed by atoms with Gasteiger partial charge in [0.25, 0.3) is 0 Å². The van der Waals surface area contributed by atoms with Crippen LogP contribution in [0.2, 0.25) is 0 Å². The maximum Gasteiger partial charge on any atom is 0.239 e. The maximum absolute atomic E-state index is 11.8. The fraction of sp³-hybridized carbons (Fsp3) is 0.867. The molecule has 0 aliphatic heterocycles. The molecule has 2 unspecified atom stereocenters. The topological polar surface area (TPSA) is 78.4 Å². The number of aliphatic hydroxyl groups is 1.